The van der Waals surface area contributed by atoms with Crippen molar-refractivity contribution in [2.24, 2.45) is 0 Å². The number of amides is 1. The molecular formula is C29H27N3O5S. The van der Waals surface area contributed by atoms with E-state index in [-0.39, 0.29) is 17.4 Å². The van der Waals surface area contributed by atoms with E-state index in [0.717, 1.165) is 47.7 Å². The summed E-state index contributed by atoms with van der Waals surface area (Å²) in [5.41, 5.74) is 3.99. The lowest BCUT2D eigenvalue weighted by atomic mass is 10.00. The average molecular weight is 530 g/mol. The van der Waals surface area contributed by atoms with Gasteiger partial charge in [-0.25, -0.2) is 4.79 Å². The Morgan fingerprint density at radius 2 is 1.97 bits per heavy atom. The number of esters is 1. The molecule has 0 fully saturated rings. The molecule has 2 aromatic carbocycles. The first-order valence-corrected chi connectivity index (χ1v) is 13.4. The van der Waals surface area contributed by atoms with Gasteiger partial charge in [-0.15, -0.1) is 11.3 Å². The van der Waals surface area contributed by atoms with E-state index in [1.807, 2.05) is 19.1 Å². The van der Waals surface area contributed by atoms with Gasteiger partial charge in [0.2, 0.25) is 5.76 Å². The van der Waals surface area contributed by atoms with Crippen LogP contribution in [-0.2, 0) is 19.5 Å². The number of thiophene rings is 1. The van der Waals surface area contributed by atoms with Gasteiger partial charge in [0, 0.05) is 24.5 Å². The minimum absolute atomic E-state index is 0.0796. The molecule has 6 rings (SSSR count). The molecular weight excluding hydrogens is 502 g/mol. The third-order valence-electron chi connectivity index (χ3n) is 6.69. The summed E-state index contributed by atoms with van der Waals surface area (Å²) in [5.74, 6) is 0.111. The van der Waals surface area contributed by atoms with Crippen molar-refractivity contribution in [2.45, 2.75) is 32.6 Å². The van der Waals surface area contributed by atoms with Gasteiger partial charge in [0.25, 0.3) is 5.91 Å². The molecule has 2 aliphatic heterocycles. The summed E-state index contributed by atoms with van der Waals surface area (Å²) < 4.78 is 16.4. The second-order valence-electron chi connectivity index (χ2n) is 9.21. The van der Waals surface area contributed by atoms with Gasteiger partial charge in [0.05, 0.1) is 18.4 Å². The number of carbonyl (C=O) groups excluding carboxylic acids is 2. The molecule has 0 saturated carbocycles. The number of carbonyl (C=O) groups is 2. The Kier molecular flexibility index (Phi) is 6.61. The predicted molar refractivity (Wildman–Crippen MR) is 144 cm³/mol. The van der Waals surface area contributed by atoms with E-state index >= 15 is 0 Å². The fourth-order valence-electron chi connectivity index (χ4n) is 4.91. The Hall–Kier alpha value is -4.08. The van der Waals surface area contributed by atoms with Crippen molar-refractivity contribution < 1.29 is 23.5 Å². The summed E-state index contributed by atoms with van der Waals surface area (Å²) in [4.78, 5) is 29.3. The molecule has 2 aliphatic rings. The molecule has 1 atom stereocenters. The molecule has 2 aromatic heterocycles. The summed E-state index contributed by atoms with van der Waals surface area (Å²) in [6, 6.07) is 18.9. The number of ether oxygens (including phenoxy) is 2. The summed E-state index contributed by atoms with van der Waals surface area (Å²) in [6.45, 7) is 4.88. The lowest BCUT2D eigenvalue weighted by molar-refractivity contribution is 0.0695. The first kappa shape index (κ1) is 24.3. The Labute approximate surface area is 224 Å². The third kappa shape index (κ3) is 4.78. The summed E-state index contributed by atoms with van der Waals surface area (Å²) in [5, 5.41) is 7.49. The smallest absolute Gasteiger partial charge is 0.379 e. The minimum atomic E-state index is -0.608. The van der Waals surface area contributed by atoms with Crippen LogP contribution in [0.2, 0.25) is 0 Å². The Bertz CT molecular complexity index is 1470. The zero-order chi connectivity index (χ0) is 26.1. The largest absolute Gasteiger partial charge is 0.490 e. The van der Waals surface area contributed by atoms with Crippen molar-refractivity contribution in [2.75, 3.05) is 18.5 Å². The van der Waals surface area contributed by atoms with E-state index < -0.39 is 12.1 Å². The lowest BCUT2D eigenvalue weighted by Gasteiger charge is -2.29. The highest BCUT2D eigenvalue weighted by Gasteiger charge is 2.33. The van der Waals surface area contributed by atoms with E-state index in [1.54, 1.807) is 29.5 Å². The van der Waals surface area contributed by atoms with Crippen molar-refractivity contribution in [1.29, 1.82) is 0 Å². The van der Waals surface area contributed by atoms with Crippen LogP contribution in [0.15, 0.2) is 71.3 Å². The highest BCUT2D eigenvalue weighted by Crippen LogP contribution is 2.42. The van der Waals surface area contributed by atoms with Crippen LogP contribution in [0.3, 0.4) is 0 Å². The molecule has 9 heteroatoms. The maximum absolute atomic E-state index is 13.3. The minimum Gasteiger partial charge on any atom is -0.490 e. The molecule has 38 heavy (non-hydrogen) atoms. The molecule has 0 radical (unpaired) electrons. The molecule has 8 nitrogen and oxygen atoms in total. The number of rotatable bonds is 7. The van der Waals surface area contributed by atoms with Gasteiger partial charge in [-0.2, -0.15) is 0 Å². The molecule has 0 saturated heterocycles. The molecule has 194 valence electrons. The standard InChI is InChI=1S/C29H27N3O5S/c1-2-35-23-15-19(10-11-21(23)37-29(34)22-9-6-14-36-22)26-30-27(33)25-20-12-13-32(16-18-7-4-3-5-8-18)17-24(20)38-28(25)31-26/h3-11,14-15,26,31H,2,12-13,16-17H2,1H3,(H,30,33)/t26-/m1/s1. The van der Waals surface area contributed by atoms with Crippen molar-refractivity contribution in [3.63, 3.8) is 0 Å². The van der Waals surface area contributed by atoms with Crippen LogP contribution >= 0.6 is 11.3 Å². The van der Waals surface area contributed by atoms with Gasteiger partial charge in [-0.3, -0.25) is 9.69 Å². The van der Waals surface area contributed by atoms with Crippen LogP contribution in [0, 0.1) is 0 Å². The number of nitrogens with zero attached hydrogens (tertiary/aromatic N) is 1. The molecule has 0 spiro atoms. The Balaban J connectivity index is 1.21. The molecule has 4 aromatic rings. The van der Waals surface area contributed by atoms with Gasteiger partial charge in [-0.05, 0) is 54.3 Å². The molecule has 1 amide bonds. The third-order valence-corrected chi connectivity index (χ3v) is 7.84. The second-order valence-corrected chi connectivity index (χ2v) is 10.3. The van der Waals surface area contributed by atoms with E-state index in [2.05, 4.69) is 39.8 Å². The van der Waals surface area contributed by atoms with Gasteiger partial charge in [0.1, 0.15) is 11.2 Å². The monoisotopic (exact) mass is 529 g/mol. The zero-order valence-corrected chi connectivity index (χ0v) is 21.7. The van der Waals surface area contributed by atoms with Gasteiger partial charge < -0.3 is 24.5 Å². The highest BCUT2D eigenvalue weighted by molar-refractivity contribution is 7.16. The fourth-order valence-corrected chi connectivity index (χ4v) is 6.23. The molecule has 0 aliphatic carbocycles. The SMILES string of the molecule is CCOc1cc([C@@H]2NC(=O)c3c(sc4c3CCN(Cc3ccccc3)C4)N2)ccc1OC(=O)c1ccco1. The number of anilines is 1. The molecule has 4 heterocycles. The molecule has 0 unspecified atom stereocenters. The maximum atomic E-state index is 13.3. The topological polar surface area (TPSA) is 93.0 Å². The number of nitrogens with one attached hydrogen (secondary N) is 2. The number of hydrogen-bond donors (Lipinski definition) is 2. The summed E-state index contributed by atoms with van der Waals surface area (Å²) in [6.07, 6.45) is 1.82. The van der Waals surface area contributed by atoms with Crippen molar-refractivity contribution >= 4 is 28.2 Å². The first-order valence-electron chi connectivity index (χ1n) is 12.6. The number of fused-ring (bicyclic) bond motifs is 3. The second kappa shape index (κ2) is 10.4. The average Bonchev–Trinajstić information content (AvgIpc) is 3.59. The zero-order valence-electron chi connectivity index (χ0n) is 20.9. The van der Waals surface area contributed by atoms with Crippen LogP contribution in [0.5, 0.6) is 11.5 Å². The van der Waals surface area contributed by atoms with E-state index in [4.69, 9.17) is 13.9 Å². The van der Waals surface area contributed by atoms with E-state index in [0.29, 0.717) is 12.4 Å². The number of furan rings is 1. The number of hydrogen-bond acceptors (Lipinski definition) is 8. The maximum Gasteiger partial charge on any atom is 0.379 e. The van der Waals surface area contributed by atoms with Gasteiger partial charge in [0.15, 0.2) is 11.5 Å². The molecule has 2 N–H and O–H groups in total. The highest BCUT2D eigenvalue weighted by atomic mass is 32.1. The first-order chi connectivity index (χ1) is 18.6. The summed E-state index contributed by atoms with van der Waals surface area (Å²) >= 11 is 1.65. The van der Waals surface area contributed by atoms with E-state index in [1.165, 1.54) is 22.8 Å². The lowest BCUT2D eigenvalue weighted by Crippen LogP contribution is -2.38. The molecule has 0 bridgehead atoms. The van der Waals surface area contributed by atoms with Crippen molar-refractivity contribution in [3.05, 3.63) is 99.8 Å². The van der Waals surface area contributed by atoms with Crippen LogP contribution in [-0.4, -0.2) is 29.9 Å². The summed E-state index contributed by atoms with van der Waals surface area (Å²) in [7, 11) is 0. The van der Waals surface area contributed by atoms with Gasteiger partial charge in [-0.1, -0.05) is 36.4 Å². The van der Waals surface area contributed by atoms with Gasteiger partial charge >= 0.3 is 5.97 Å². The van der Waals surface area contributed by atoms with Crippen LogP contribution in [0.25, 0.3) is 0 Å². The fraction of sp³-hybridized carbons (Fsp3) is 0.241. The van der Waals surface area contributed by atoms with Crippen molar-refractivity contribution in [3.8, 4) is 11.5 Å². The van der Waals surface area contributed by atoms with E-state index in [9.17, 15) is 9.59 Å². The van der Waals surface area contributed by atoms with Crippen LogP contribution < -0.4 is 20.1 Å². The van der Waals surface area contributed by atoms with Crippen LogP contribution in [0.1, 0.15) is 55.6 Å². The normalized spacial score (nSPS) is 16.7. The van der Waals surface area contributed by atoms with Crippen LogP contribution in [0.4, 0.5) is 5.00 Å². The Morgan fingerprint density at radius 1 is 1.11 bits per heavy atom. The van der Waals surface area contributed by atoms with Crippen molar-refractivity contribution in [1.82, 2.24) is 10.2 Å². The predicted octanol–water partition coefficient (Wildman–Crippen LogP) is 5.37. The Morgan fingerprint density at radius 3 is 2.76 bits per heavy atom. The number of benzene rings is 2. The quantitative estimate of drug-likeness (QED) is 0.246.